The summed E-state index contributed by atoms with van der Waals surface area (Å²) in [5.41, 5.74) is 1.32. The molecule has 1 aromatic carbocycles. The lowest BCUT2D eigenvalue weighted by molar-refractivity contribution is -0.118. The third-order valence-electron chi connectivity index (χ3n) is 4.09. The van der Waals surface area contributed by atoms with Crippen LogP contribution in [0.25, 0.3) is 0 Å². The molecule has 1 aliphatic rings. The topological polar surface area (TPSA) is 59.8 Å². The third kappa shape index (κ3) is 5.78. The molecule has 0 unspecified atom stereocenters. The van der Waals surface area contributed by atoms with Gasteiger partial charge in [-0.05, 0) is 18.4 Å². The van der Waals surface area contributed by atoms with E-state index >= 15 is 0 Å². The van der Waals surface area contributed by atoms with E-state index < -0.39 is 0 Å². The molecule has 0 saturated heterocycles. The summed E-state index contributed by atoms with van der Waals surface area (Å²) in [5.74, 6) is 3.44. The van der Waals surface area contributed by atoms with E-state index in [-0.39, 0.29) is 5.91 Å². The first-order chi connectivity index (χ1) is 12.3. The van der Waals surface area contributed by atoms with E-state index in [2.05, 4.69) is 44.3 Å². The first-order valence-electron chi connectivity index (χ1n) is 8.76. The van der Waals surface area contributed by atoms with E-state index in [0.29, 0.717) is 12.3 Å². The fourth-order valence-electron chi connectivity index (χ4n) is 2.77. The summed E-state index contributed by atoms with van der Waals surface area (Å²) in [6.07, 6.45) is 4.60. The number of aryl methyl sites for hydroxylation is 1. The Morgan fingerprint density at radius 1 is 1.16 bits per heavy atom. The Labute approximate surface area is 157 Å². The smallest absolute Gasteiger partial charge is 0.230 e. The van der Waals surface area contributed by atoms with Crippen molar-refractivity contribution in [2.75, 3.05) is 18.1 Å². The van der Waals surface area contributed by atoms with Crippen LogP contribution >= 0.6 is 23.5 Å². The lowest BCUT2D eigenvalue weighted by atomic mass is 10.2. The molecule has 0 radical (unpaired) electrons. The van der Waals surface area contributed by atoms with Crippen LogP contribution in [0.15, 0.2) is 35.5 Å². The molecule has 5 nitrogen and oxygen atoms in total. The lowest BCUT2D eigenvalue weighted by Gasteiger charge is -2.07. The number of aromatic nitrogens is 3. The molecular formula is C18H24N4OS2. The summed E-state index contributed by atoms with van der Waals surface area (Å²) in [7, 11) is 0. The zero-order chi connectivity index (χ0) is 17.3. The Bertz CT molecular complexity index is 675. The van der Waals surface area contributed by atoms with Crippen LogP contribution in [-0.2, 0) is 23.5 Å². The van der Waals surface area contributed by atoms with Gasteiger partial charge in [-0.1, -0.05) is 48.5 Å². The Morgan fingerprint density at radius 2 is 2.04 bits per heavy atom. The summed E-state index contributed by atoms with van der Waals surface area (Å²) < 4.78 is 2.18. The van der Waals surface area contributed by atoms with Crippen molar-refractivity contribution in [3.8, 4) is 0 Å². The highest BCUT2D eigenvalue weighted by molar-refractivity contribution is 7.99. The maximum atomic E-state index is 12.0. The summed E-state index contributed by atoms with van der Waals surface area (Å²) >= 11 is 3.33. The quantitative estimate of drug-likeness (QED) is 0.566. The highest BCUT2D eigenvalue weighted by Gasteiger charge is 2.15. The van der Waals surface area contributed by atoms with Crippen LogP contribution in [-0.4, -0.2) is 38.7 Å². The molecule has 1 aliphatic heterocycles. The van der Waals surface area contributed by atoms with E-state index in [1.165, 1.54) is 36.6 Å². The standard InChI is InChI=1S/C18H24N4OS2/c23-17(19-10-12-24-13-15-7-3-1-4-8-15)14-25-18-21-20-16-9-5-2-6-11-22(16)18/h1,3-4,7-8H,2,5-6,9-14H2,(H,19,23). The van der Waals surface area contributed by atoms with Crippen LogP contribution in [0.3, 0.4) is 0 Å². The number of benzene rings is 1. The normalized spacial score (nSPS) is 13.9. The fraction of sp³-hybridized carbons (Fsp3) is 0.500. The van der Waals surface area contributed by atoms with Crippen molar-refractivity contribution in [1.82, 2.24) is 20.1 Å². The van der Waals surface area contributed by atoms with E-state index in [1.807, 2.05) is 17.8 Å². The number of thioether (sulfide) groups is 2. The van der Waals surface area contributed by atoms with Crippen molar-refractivity contribution < 1.29 is 4.79 Å². The maximum Gasteiger partial charge on any atom is 0.230 e. The van der Waals surface area contributed by atoms with Crippen molar-refractivity contribution >= 4 is 29.4 Å². The van der Waals surface area contributed by atoms with Crippen LogP contribution in [0.1, 0.15) is 30.7 Å². The molecule has 134 valence electrons. The number of hydrogen-bond donors (Lipinski definition) is 1. The Kier molecular flexibility index (Phi) is 7.23. The minimum Gasteiger partial charge on any atom is -0.355 e. The molecule has 0 saturated carbocycles. The van der Waals surface area contributed by atoms with Crippen LogP contribution in [0.4, 0.5) is 0 Å². The monoisotopic (exact) mass is 376 g/mol. The second kappa shape index (κ2) is 9.87. The van der Waals surface area contributed by atoms with Crippen LogP contribution in [0.5, 0.6) is 0 Å². The van der Waals surface area contributed by atoms with E-state index in [9.17, 15) is 4.79 Å². The zero-order valence-corrected chi connectivity index (χ0v) is 16.0. The maximum absolute atomic E-state index is 12.0. The second-order valence-corrected chi connectivity index (χ2v) is 8.09. The van der Waals surface area contributed by atoms with Gasteiger partial charge in [0.1, 0.15) is 5.82 Å². The van der Waals surface area contributed by atoms with Gasteiger partial charge in [-0.25, -0.2) is 0 Å². The van der Waals surface area contributed by atoms with Crippen molar-refractivity contribution in [1.29, 1.82) is 0 Å². The molecule has 0 fully saturated rings. The van der Waals surface area contributed by atoms with Gasteiger partial charge in [-0.3, -0.25) is 4.79 Å². The average molecular weight is 377 g/mol. The van der Waals surface area contributed by atoms with Crippen LogP contribution < -0.4 is 5.32 Å². The number of rotatable bonds is 8. The minimum absolute atomic E-state index is 0.0660. The molecule has 0 aliphatic carbocycles. The van der Waals surface area contributed by atoms with E-state index in [0.717, 1.165) is 35.5 Å². The first-order valence-corrected chi connectivity index (χ1v) is 10.9. The van der Waals surface area contributed by atoms with Gasteiger partial charge in [-0.2, -0.15) is 11.8 Å². The zero-order valence-electron chi connectivity index (χ0n) is 14.3. The summed E-state index contributed by atoms with van der Waals surface area (Å²) in [5, 5.41) is 12.4. The highest BCUT2D eigenvalue weighted by Crippen LogP contribution is 2.21. The number of nitrogens with zero attached hydrogens (tertiary/aromatic N) is 3. The van der Waals surface area contributed by atoms with Crippen molar-refractivity contribution in [2.45, 2.75) is 43.1 Å². The average Bonchev–Trinajstić information content (AvgIpc) is 2.86. The molecule has 3 rings (SSSR count). The number of hydrogen-bond acceptors (Lipinski definition) is 5. The van der Waals surface area contributed by atoms with Crippen molar-refractivity contribution in [3.05, 3.63) is 41.7 Å². The van der Waals surface area contributed by atoms with Gasteiger partial charge in [-0.15, -0.1) is 10.2 Å². The van der Waals surface area contributed by atoms with Gasteiger partial charge in [0, 0.05) is 31.0 Å². The predicted molar refractivity (Wildman–Crippen MR) is 104 cm³/mol. The van der Waals surface area contributed by atoms with Gasteiger partial charge < -0.3 is 9.88 Å². The largest absolute Gasteiger partial charge is 0.355 e. The predicted octanol–water partition coefficient (Wildman–Crippen LogP) is 3.15. The SMILES string of the molecule is O=C(CSc1nnc2n1CCCCC2)NCCSCc1ccccc1. The summed E-state index contributed by atoms with van der Waals surface area (Å²) in [4.78, 5) is 12.0. The molecule has 1 aromatic heterocycles. The molecule has 2 aromatic rings. The Hall–Kier alpha value is -1.47. The molecule has 7 heteroatoms. The van der Waals surface area contributed by atoms with Crippen LogP contribution in [0, 0.1) is 0 Å². The van der Waals surface area contributed by atoms with Gasteiger partial charge in [0.05, 0.1) is 5.75 Å². The first kappa shape index (κ1) is 18.3. The van der Waals surface area contributed by atoms with Gasteiger partial charge in [0.25, 0.3) is 0 Å². The van der Waals surface area contributed by atoms with Gasteiger partial charge in [0.2, 0.25) is 5.91 Å². The lowest BCUT2D eigenvalue weighted by Crippen LogP contribution is -2.27. The van der Waals surface area contributed by atoms with Crippen molar-refractivity contribution in [3.63, 3.8) is 0 Å². The molecule has 0 bridgehead atoms. The molecule has 1 N–H and O–H groups in total. The van der Waals surface area contributed by atoms with E-state index in [4.69, 9.17) is 0 Å². The Morgan fingerprint density at radius 3 is 2.92 bits per heavy atom. The van der Waals surface area contributed by atoms with E-state index in [1.54, 1.807) is 0 Å². The number of nitrogens with one attached hydrogen (secondary N) is 1. The summed E-state index contributed by atoms with van der Waals surface area (Å²) in [6.45, 7) is 1.68. The molecule has 1 amide bonds. The highest BCUT2D eigenvalue weighted by atomic mass is 32.2. The number of carbonyl (C=O) groups is 1. The molecule has 25 heavy (non-hydrogen) atoms. The van der Waals surface area contributed by atoms with Crippen LogP contribution in [0.2, 0.25) is 0 Å². The number of fused-ring (bicyclic) bond motifs is 1. The molecule has 0 atom stereocenters. The summed E-state index contributed by atoms with van der Waals surface area (Å²) in [6, 6.07) is 10.4. The van der Waals surface area contributed by atoms with Gasteiger partial charge >= 0.3 is 0 Å². The number of carbonyl (C=O) groups excluding carboxylic acids is 1. The third-order valence-corrected chi connectivity index (χ3v) is 6.09. The minimum atomic E-state index is 0.0660. The Balaban J connectivity index is 1.33. The van der Waals surface area contributed by atoms with Gasteiger partial charge in [0.15, 0.2) is 5.16 Å². The van der Waals surface area contributed by atoms with Crippen molar-refractivity contribution in [2.24, 2.45) is 0 Å². The second-order valence-electron chi connectivity index (χ2n) is 6.04. The molecule has 2 heterocycles. The molecule has 0 spiro atoms. The fourth-order valence-corrected chi connectivity index (χ4v) is 4.41. The molecular weight excluding hydrogens is 352 g/mol. The number of amides is 1.